The first-order valence-corrected chi connectivity index (χ1v) is 6.86. The van der Waals surface area contributed by atoms with Crippen LogP contribution < -0.4 is 5.73 Å². The first kappa shape index (κ1) is 15.4. The molecule has 0 aromatic heterocycles. The molecule has 0 aromatic rings. The van der Waals surface area contributed by atoms with E-state index in [1.54, 1.807) is 12.0 Å². The van der Waals surface area contributed by atoms with Gasteiger partial charge in [-0.3, -0.25) is 4.79 Å². The van der Waals surface area contributed by atoms with E-state index >= 15 is 0 Å². The van der Waals surface area contributed by atoms with Gasteiger partial charge in [0.2, 0.25) is 5.91 Å². The van der Waals surface area contributed by atoms with Crippen LogP contribution in [0.1, 0.15) is 38.5 Å². The Morgan fingerprint density at radius 1 is 1.50 bits per heavy atom. The summed E-state index contributed by atoms with van der Waals surface area (Å²) < 4.78 is 4.96. The number of nitrogens with two attached hydrogens (primary N) is 1. The molecule has 1 rings (SSSR count). The molecule has 0 heterocycles. The molecule has 5 nitrogen and oxygen atoms in total. The highest BCUT2D eigenvalue weighted by atomic mass is 16.5. The van der Waals surface area contributed by atoms with Gasteiger partial charge >= 0.3 is 0 Å². The summed E-state index contributed by atoms with van der Waals surface area (Å²) in [5, 5.41) is 9.09. The number of carbonyl (C=O) groups excluding carboxylic acids is 1. The molecule has 0 saturated heterocycles. The van der Waals surface area contributed by atoms with E-state index < -0.39 is 6.04 Å². The van der Waals surface area contributed by atoms with Crippen molar-refractivity contribution in [3.63, 3.8) is 0 Å². The highest BCUT2D eigenvalue weighted by Crippen LogP contribution is 2.24. The summed E-state index contributed by atoms with van der Waals surface area (Å²) in [6.07, 6.45) is 5.84. The number of aliphatic hydroxyl groups is 1. The topological polar surface area (TPSA) is 75.8 Å². The molecule has 1 aliphatic carbocycles. The SMILES string of the molecule is COCCCC(N)C(=O)N(CCO)C1CCCC1. The Labute approximate surface area is 109 Å². The first-order valence-electron chi connectivity index (χ1n) is 6.86. The minimum atomic E-state index is -0.465. The zero-order valence-corrected chi connectivity index (χ0v) is 11.3. The molecule has 1 saturated carbocycles. The molecule has 0 bridgehead atoms. The van der Waals surface area contributed by atoms with Gasteiger partial charge in [-0.2, -0.15) is 0 Å². The fraction of sp³-hybridized carbons (Fsp3) is 0.923. The van der Waals surface area contributed by atoms with Crippen LogP contribution in [0.2, 0.25) is 0 Å². The van der Waals surface area contributed by atoms with Crippen molar-refractivity contribution in [3.8, 4) is 0 Å². The fourth-order valence-corrected chi connectivity index (χ4v) is 2.58. The van der Waals surface area contributed by atoms with Crippen molar-refractivity contribution < 1.29 is 14.6 Å². The van der Waals surface area contributed by atoms with Crippen molar-refractivity contribution in [2.75, 3.05) is 26.9 Å². The maximum Gasteiger partial charge on any atom is 0.239 e. The fourth-order valence-electron chi connectivity index (χ4n) is 2.58. The largest absolute Gasteiger partial charge is 0.395 e. The number of ether oxygens (including phenoxy) is 1. The number of hydrogen-bond acceptors (Lipinski definition) is 4. The Balaban J connectivity index is 2.46. The molecule has 0 aromatic carbocycles. The van der Waals surface area contributed by atoms with Crippen LogP contribution in [0.3, 0.4) is 0 Å². The second kappa shape index (κ2) is 8.45. The van der Waals surface area contributed by atoms with E-state index in [1.165, 1.54) is 12.8 Å². The van der Waals surface area contributed by atoms with E-state index in [0.717, 1.165) is 19.3 Å². The van der Waals surface area contributed by atoms with Gasteiger partial charge in [0.05, 0.1) is 12.6 Å². The first-order chi connectivity index (χ1) is 8.70. The van der Waals surface area contributed by atoms with Crippen molar-refractivity contribution in [3.05, 3.63) is 0 Å². The number of hydrogen-bond donors (Lipinski definition) is 2. The molecule has 3 N–H and O–H groups in total. The van der Waals surface area contributed by atoms with Crippen LogP contribution in [0.15, 0.2) is 0 Å². The molecule has 106 valence electrons. The smallest absolute Gasteiger partial charge is 0.239 e. The van der Waals surface area contributed by atoms with Crippen LogP contribution in [-0.4, -0.2) is 54.9 Å². The van der Waals surface area contributed by atoms with Crippen molar-refractivity contribution >= 4 is 5.91 Å². The van der Waals surface area contributed by atoms with Gasteiger partial charge in [0.15, 0.2) is 0 Å². The third kappa shape index (κ3) is 4.55. The Kier molecular flexibility index (Phi) is 7.23. The average molecular weight is 258 g/mol. The van der Waals surface area contributed by atoms with Gasteiger partial charge in [-0.05, 0) is 25.7 Å². The van der Waals surface area contributed by atoms with Gasteiger partial charge in [-0.15, -0.1) is 0 Å². The molecular formula is C13H26N2O3. The Morgan fingerprint density at radius 2 is 2.17 bits per heavy atom. The van der Waals surface area contributed by atoms with E-state index in [1.807, 2.05) is 0 Å². The van der Waals surface area contributed by atoms with Gasteiger partial charge in [0.1, 0.15) is 0 Å². The number of carbonyl (C=O) groups is 1. The zero-order valence-electron chi connectivity index (χ0n) is 11.3. The van der Waals surface area contributed by atoms with Crippen LogP contribution in [0.25, 0.3) is 0 Å². The molecule has 0 radical (unpaired) electrons. The summed E-state index contributed by atoms with van der Waals surface area (Å²) in [7, 11) is 1.64. The van der Waals surface area contributed by atoms with E-state index in [-0.39, 0.29) is 18.6 Å². The van der Waals surface area contributed by atoms with Crippen LogP contribution in [0.5, 0.6) is 0 Å². The van der Waals surface area contributed by atoms with Crippen LogP contribution >= 0.6 is 0 Å². The third-order valence-electron chi connectivity index (χ3n) is 3.57. The van der Waals surface area contributed by atoms with E-state index in [9.17, 15) is 4.79 Å². The molecule has 0 spiro atoms. The number of aliphatic hydroxyl groups excluding tert-OH is 1. The molecule has 1 unspecified atom stereocenters. The molecular weight excluding hydrogens is 232 g/mol. The van der Waals surface area contributed by atoms with Crippen molar-refractivity contribution in [2.45, 2.75) is 50.6 Å². The number of rotatable bonds is 8. The van der Waals surface area contributed by atoms with Crippen LogP contribution in [0, 0.1) is 0 Å². The maximum atomic E-state index is 12.3. The van der Waals surface area contributed by atoms with Gasteiger partial charge in [-0.1, -0.05) is 12.8 Å². The lowest BCUT2D eigenvalue weighted by molar-refractivity contribution is -0.135. The summed E-state index contributed by atoms with van der Waals surface area (Å²) in [6.45, 7) is 1.04. The zero-order chi connectivity index (χ0) is 13.4. The van der Waals surface area contributed by atoms with Gasteiger partial charge in [0, 0.05) is 26.3 Å². The van der Waals surface area contributed by atoms with E-state index in [0.29, 0.717) is 19.6 Å². The van der Waals surface area contributed by atoms with E-state index in [2.05, 4.69) is 0 Å². The number of methoxy groups -OCH3 is 1. The Hall–Kier alpha value is -0.650. The Morgan fingerprint density at radius 3 is 2.72 bits per heavy atom. The highest BCUT2D eigenvalue weighted by molar-refractivity contribution is 5.82. The van der Waals surface area contributed by atoms with Gasteiger partial charge in [-0.25, -0.2) is 0 Å². The molecule has 1 atom stereocenters. The average Bonchev–Trinajstić information content (AvgIpc) is 2.89. The molecule has 0 aliphatic heterocycles. The molecule has 18 heavy (non-hydrogen) atoms. The minimum absolute atomic E-state index is 0.00698. The Bertz CT molecular complexity index is 242. The molecule has 1 amide bonds. The summed E-state index contributed by atoms with van der Waals surface area (Å²) in [4.78, 5) is 14.0. The second-order valence-corrected chi connectivity index (χ2v) is 4.94. The van der Waals surface area contributed by atoms with Crippen LogP contribution in [0.4, 0.5) is 0 Å². The summed E-state index contributed by atoms with van der Waals surface area (Å²) in [5.74, 6) is -0.0212. The predicted octanol–water partition coefficient (Wildman–Crippen LogP) is 0.504. The molecule has 5 heteroatoms. The quantitative estimate of drug-likeness (QED) is 0.622. The standard InChI is InChI=1S/C13H26N2O3/c1-18-10-4-7-12(14)13(17)15(8-9-16)11-5-2-3-6-11/h11-12,16H,2-10,14H2,1H3. The minimum Gasteiger partial charge on any atom is -0.395 e. The number of nitrogens with zero attached hydrogens (tertiary/aromatic N) is 1. The maximum absolute atomic E-state index is 12.3. The lowest BCUT2D eigenvalue weighted by Crippen LogP contribution is -2.49. The van der Waals surface area contributed by atoms with Crippen molar-refractivity contribution in [2.24, 2.45) is 5.73 Å². The highest BCUT2D eigenvalue weighted by Gasteiger charge is 2.29. The third-order valence-corrected chi connectivity index (χ3v) is 3.57. The normalized spacial score (nSPS) is 17.9. The summed E-state index contributed by atoms with van der Waals surface area (Å²) >= 11 is 0. The van der Waals surface area contributed by atoms with Gasteiger partial charge < -0.3 is 20.5 Å². The predicted molar refractivity (Wildman–Crippen MR) is 70.1 cm³/mol. The lowest BCUT2D eigenvalue weighted by atomic mass is 10.1. The second-order valence-electron chi connectivity index (χ2n) is 4.94. The van der Waals surface area contributed by atoms with Crippen LogP contribution in [-0.2, 0) is 9.53 Å². The van der Waals surface area contributed by atoms with Gasteiger partial charge in [0.25, 0.3) is 0 Å². The summed E-state index contributed by atoms with van der Waals surface area (Å²) in [6, 6.07) is -0.189. The lowest BCUT2D eigenvalue weighted by Gasteiger charge is -2.30. The monoisotopic (exact) mass is 258 g/mol. The number of amides is 1. The molecule has 1 fully saturated rings. The molecule has 1 aliphatic rings. The summed E-state index contributed by atoms with van der Waals surface area (Å²) in [5.41, 5.74) is 5.93. The van der Waals surface area contributed by atoms with Crippen molar-refractivity contribution in [1.82, 2.24) is 4.90 Å². The van der Waals surface area contributed by atoms with E-state index in [4.69, 9.17) is 15.6 Å². The van der Waals surface area contributed by atoms with Crippen molar-refractivity contribution in [1.29, 1.82) is 0 Å².